The van der Waals surface area contributed by atoms with Gasteiger partial charge in [0.15, 0.2) is 0 Å². The van der Waals surface area contributed by atoms with Gasteiger partial charge in [0, 0.05) is 17.3 Å². The highest BCUT2D eigenvalue weighted by atomic mass is 79.9. The predicted octanol–water partition coefficient (Wildman–Crippen LogP) is 3.87. The smallest absolute Gasteiger partial charge is 0.223 e. The second-order valence-electron chi connectivity index (χ2n) is 7.76. The lowest BCUT2D eigenvalue weighted by Crippen LogP contribution is -2.54. The quantitative estimate of drug-likeness (QED) is 0.556. The van der Waals surface area contributed by atoms with Crippen LogP contribution in [-0.2, 0) is 4.79 Å². The first-order valence-electron chi connectivity index (χ1n) is 8.31. The Kier molecular flexibility index (Phi) is 4.07. The Bertz CT molecular complexity index is 456. The minimum atomic E-state index is 0.205. The summed E-state index contributed by atoms with van der Waals surface area (Å²) in [7, 11) is 0. The van der Waals surface area contributed by atoms with Crippen LogP contribution in [0, 0.1) is 28.6 Å². The molecule has 4 bridgehead atoms. The van der Waals surface area contributed by atoms with E-state index in [1.807, 2.05) is 0 Å². The fourth-order valence-corrected chi connectivity index (χ4v) is 7.13. The summed E-state index contributed by atoms with van der Waals surface area (Å²) in [5, 5.41) is 8.93. The number of carbonyl (C=O) groups is 1. The molecule has 0 heterocycles. The molecule has 4 saturated carbocycles. The maximum atomic E-state index is 12.7. The Morgan fingerprint density at radius 3 is 2.52 bits per heavy atom. The maximum Gasteiger partial charge on any atom is 0.223 e. The first-order valence-corrected chi connectivity index (χ1v) is 9.10. The van der Waals surface area contributed by atoms with Gasteiger partial charge in [0.1, 0.15) is 6.54 Å². The molecule has 2 unspecified atom stereocenters. The van der Waals surface area contributed by atoms with Crippen molar-refractivity contribution in [3.63, 3.8) is 0 Å². The molecule has 2 atom stereocenters. The molecule has 0 aromatic heterocycles. The zero-order chi connectivity index (χ0) is 15.1. The molecule has 0 N–H and O–H groups in total. The lowest BCUT2D eigenvalue weighted by molar-refractivity contribution is -0.137. The molecule has 0 saturated heterocycles. The number of nitrogens with zero attached hydrogens (tertiary/aromatic N) is 2. The Morgan fingerprint density at radius 1 is 1.33 bits per heavy atom. The number of hydrogen-bond acceptors (Lipinski definition) is 2. The van der Waals surface area contributed by atoms with Crippen molar-refractivity contribution in [1.29, 1.82) is 5.26 Å². The maximum absolute atomic E-state index is 12.7. The van der Waals surface area contributed by atoms with Crippen LogP contribution in [0.1, 0.15) is 58.3 Å². The normalized spacial score (nSPS) is 40.0. The van der Waals surface area contributed by atoms with Gasteiger partial charge in [-0.1, -0.05) is 22.9 Å². The Morgan fingerprint density at radius 2 is 2.00 bits per heavy atom. The minimum absolute atomic E-state index is 0.205. The summed E-state index contributed by atoms with van der Waals surface area (Å²) in [6.07, 6.45) is 9.19. The van der Waals surface area contributed by atoms with Gasteiger partial charge < -0.3 is 4.90 Å². The molecule has 116 valence electrons. The molecule has 3 nitrogen and oxygen atoms in total. The first kappa shape index (κ1) is 15.3. The zero-order valence-electron chi connectivity index (χ0n) is 12.9. The molecule has 0 aliphatic heterocycles. The molecule has 4 fully saturated rings. The molecule has 1 amide bonds. The molecule has 4 heteroatoms. The van der Waals surface area contributed by atoms with E-state index in [2.05, 4.69) is 28.9 Å². The van der Waals surface area contributed by atoms with Crippen molar-refractivity contribution in [2.45, 2.75) is 62.6 Å². The van der Waals surface area contributed by atoms with Crippen molar-refractivity contribution >= 4 is 21.8 Å². The first-order chi connectivity index (χ1) is 9.97. The average molecular weight is 353 g/mol. The lowest BCUT2D eigenvalue weighted by Gasteiger charge is -2.60. The van der Waals surface area contributed by atoms with Gasteiger partial charge in [-0.25, -0.2) is 0 Å². The SMILES string of the molecule is CCCN(CC#N)C(=O)CC12CC3CC(CC(Br)(C3)C1)C2. The molecule has 4 rings (SSSR count). The monoisotopic (exact) mass is 352 g/mol. The minimum Gasteiger partial charge on any atom is -0.329 e. The largest absolute Gasteiger partial charge is 0.329 e. The second kappa shape index (κ2) is 5.57. The van der Waals surface area contributed by atoms with Gasteiger partial charge in [-0.3, -0.25) is 4.79 Å². The standard InChI is InChI=1S/C17H25BrN2O/c1-2-4-20(5-3-19)15(21)11-16-7-13-6-14(8-16)10-17(18,9-13)12-16/h13-14H,2,4-12H2,1H3. The van der Waals surface area contributed by atoms with E-state index in [1.54, 1.807) is 4.90 Å². The molecule has 4 aliphatic rings. The van der Waals surface area contributed by atoms with Gasteiger partial charge in [-0.05, 0) is 62.2 Å². The number of amides is 1. The third kappa shape index (κ3) is 2.99. The number of nitriles is 1. The summed E-state index contributed by atoms with van der Waals surface area (Å²) in [5.74, 6) is 1.83. The highest BCUT2D eigenvalue weighted by molar-refractivity contribution is 9.10. The van der Waals surface area contributed by atoms with Crippen molar-refractivity contribution in [1.82, 2.24) is 4.90 Å². The molecule has 0 aromatic carbocycles. The van der Waals surface area contributed by atoms with Gasteiger partial charge in [0.05, 0.1) is 6.07 Å². The van der Waals surface area contributed by atoms with Crippen LogP contribution in [0.4, 0.5) is 0 Å². The summed E-state index contributed by atoms with van der Waals surface area (Å²) < 4.78 is 0.308. The van der Waals surface area contributed by atoms with Crippen LogP contribution in [-0.4, -0.2) is 28.2 Å². The fraction of sp³-hybridized carbons (Fsp3) is 0.882. The molecule has 0 aromatic rings. The third-order valence-corrected chi connectivity index (χ3v) is 6.67. The van der Waals surface area contributed by atoms with Crippen LogP contribution < -0.4 is 0 Å². The summed E-state index contributed by atoms with van der Waals surface area (Å²) in [6.45, 7) is 3.03. The van der Waals surface area contributed by atoms with Gasteiger partial charge in [0.2, 0.25) is 5.91 Å². The molecule has 21 heavy (non-hydrogen) atoms. The summed E-state index contributed by atoms with van der Waals surface area (Å²) in [6, 6.07) is 2.14. The molecular weight excluding hydrogens is 328 g/mol. The second-order valence-corrected chi connectivity index (χ2v) is 9.44. The van der Waals surface area contributed by atoms with Crippen molar-refractivity contribution in [2.75, 3.05) is 13.1 Å². The van der Waals surface area contributed by atoms with Crippen molar-refractivity contribution in [3.05, 3.63) is 0 Å². The van der Waals surface area contributed by atoms with Gasteiger partial charge in [-0.2, -0.15) is 5.26 Å². The Hall–Kier alpha value is -0.560. The summed E-state index contributed by atoms with van der Waals surface area (Å²) in [4.78, 5) is 14.4. The molecule has 0 spiro atoms. The van der Waals surface area contributed by atoms with E-state index in [0.29, 0.717) is 10.7 Å². The van der Waals surface area contributed by atoms with Crippen LogP contribution in [0.5, 0.6) is 0 Å². The molecular formula is C17H25BrN2O. The number of rotatable bonds is 5. The van der Waals surface area contributed by atoms with Crippen molar-refractivity contribution < 1.29 is 4.79 Å². The number of halogens is 1. The van der Waals surface area contributed by atoms with Crippen molar-refractivity contribution in [3.8, 4) is 6.07 Å². The average Bonchev–Trinajstić information content (AvgIpc) is 2.34. The highest BCUT2D eigenvalue weighted by Gasteiger charge is 2.57. The van der Waals surface area contributed by atoms with Crippen LogP contribution in [0.2, 0.25) is 0 Å². The topological polar surface area (TPSA) is 44.1 Å². The number of alkyl halides is 1. The highest BCUT2D eigenvalue weighted by Crippen LogP contribution is 2.65. The predicted molar refractivity (Wildman–Crippen MR) is 85.9 cm³/mol. The summed E-state index contributed by atoms with van der Waals surface area (Å²) >= 11 is 4.00. The molecule has 4 aliphatic carbocycles. The Labute approximate surface area is 136 Å². The van der Waals surface area contributed by atoms with Gasteiger partial charge in [0.25, 0.3) is 0 Å². The van der Waals surface area contributed by atoms with E-state index in [9.17, 15) is 4.79 Å². The zero-order valence-corrected chi connectivity index (χ0v) is 14.5. The van der Waals surface area contributed by atoms with Gasteiger partial charge in [-0.15, -0.1) is 0 Å². The van der Waals surface area contributed by atoms with Gasteiger partial charge >= 0.3 is 0 Å². The van der Waals surface area contributed by atoms with E-state index < -0.39 is 0 Å². The van der Waals surface area contributed by atoms with Crippen LogP contribution in [0.25, 0.3) is 0 Å². The van der Waals surface area contributed by atoms with Crippen molar-refractivity contribution in [2.24, 2.45) is 17.3 Å². The van der Waals surface area contributed by atoms with Crippen LogP contribution in [0.3, 0.4) is 0 Å². The Balaban J connectivity index is 1.72. The van der Waals surface area contributed by atoms with E-state index in [1.165, 1.54) is 32.1 Å². The van der Waals surface area contributed by atoms with E-state index in [-0.39, 0.29) is 17.9 Å². The lowest BCUT2D eigenvalue weighted by atomic mass is 9.48. The molecule has 0 radical (unpaired) electrons. The summed E-state index contributed by atoms with van der Waals surface area (Å²) in [5.41, 5.74) is 0.214. The van der Waals surface area contributed by atoms with E-state index >= 15 is 0 Å². The van der Waals surface area contributed by atoms with E-state index in [0.717, 1.165) is 31.2 Å². The number of hydrogen-bond donors (Lipinski definition) is 0. The number of carbonyl (C=O) groups excluding carboxylic acids is 1. The van der Waals surface area contributed by atoms with Crippen LogP contribution in [0.15, 0.2) is 0 Å². The van der Waals surface area contributed by atoms with Crippen LogP contribution >= 0.6 is 15.9 Å². The van der Waals surface area contributed by atoms with E-state index in [4.69, 9.17) is 5.26 Å². The fourth-order valence-electron chi connectivity index (χ4n) is 5.62. The third-order valence-electron chi connectivity index (χ3n) is 5.74.